The molecule has 0 saturated heterocycles. The van der Waals surface area contributed by atoms with Crippen molar-refractivity contribution in [1.82, 2.24) is 15.0 Å². The van der Waals surface area contributed by atoms with E-state index in [2.05, 4.69) is 50.2 Å². The lowest BCUT2D eigenvalue weighted by Gasteiger charge is -2.30. The van der Waals surface area contributed by atoms with Gasteiger partial charge in [-0.15, -0.1) is 0 Å². The van der Waals surface area contributed by atoms with E-state index in [0.29, 0.717) is 6.73 Å². The minimum atomic E-state index is 0.451. The van der Waals surface area contributed by atoms with E-state index in [1.807, 2.05) is 12.4 Å². The predicted molar refractivity (Wildman–Crippen MR) is 98.3 cm³/mol. The number of hydrogen-bond acceptors (Lipinski definition) is 6. The zero-order valence-electron chi connectivity index (χ0n) is 13.9. The number of rotatable bonds is 5. The summed E-state index contributed by atoms with van der Waals surface area (Å²) in [6.45, 7) is 0.451. The second-order valence-electron chi connectivity index (χ2n) is 5.79. The number of aromatic nitrogens is 3. The Bertz CT molecular complexity index is 872. The summed E-state index contributed by atoms with van der Waals surface area (Å²) in [5, 5.41) is 0.914. The average molecular weight is 350 g/mol. The molecule has 6 heteroatoms. The maximum Gasteiger partial charge on any atom is 0.168 e. The number of pyridine rings is 1. The van der Waals surface area contributed by atoms with Crippen LogP contribution in [0, 0.1) is 0 Å². The van der Waals surface area contributed by atoms with Gasteiger partial charge >= 0.3 is 0 Å². The predicted octanol–water partition coefficient (Wildman–Crippen LogP) is 3.86. The summed E-state index contributed by atoms with van der Waals surface area (Å²) in [5.41, 5.74) is 3.73. The molecule has 0 unspecified atom stereocenters. The standard InChI is InChI=1S/C19H18N4OS/c1-24-13-23-16-12-15(3-2-14-6-8-20-9-7-14)4-5-17(16)25-19-18(23)21-10-11-22-19/h4-12H,2-3,13H2,1H3. The lowest BCUT2D eigenvalue weighted by molar-refractivity contribution is 0.204. The number of aryl methyl sites for hydroxylation is 2. The van der Waals surface area contributed by atoms with Crippen LogP contribution in [-0.4, -0.2) is 28.8 Å². The van der Waals surface area contributed by atoms with E-state index < -0.39 is 0 Å². The Labute approximate surface area is 151 Å². The fraction of sp³-hybridized carbons (Fsp3) is 0.211. The molecule has 0 atom stereocenters. The summed E-state index contributed by atoms with van der Waals surface area (Å²) in [7, 11) is 1.70. The van der Waals surface area contributed by atoms with Crippen LogP contribution >= 0.6 is 11.8 Å². The second-order valence-corrected chi connectivity index (χ2v) is 6.82. The molecule has 5 nitrogen and oxygen atoms in total. The molecule has 3 heterocycles. The van der Waals surface area contributed by atoms with Crippen molar-refractivity contribution in [2.75, 3.05) is 18.7 Å². The molecule has 0 radical (unpaired) electrons. The van der Waals surface area contributed by atoms with Gasteiger partial charge in [0.1, 0.15) is 11.8 Å². The van der Waals surface area contributed by atoms with E-state index in [-0.39, 0.29) is 0 Å². The Morgan fingerprint density at radius 1 is 0.960 bits per heavy atom. The van der Waals surface area contributed by atoms with Gasteiger partial charge in [-0.3, -0.25) is 9.88 Å². The molecule has 0 aliphatic carbocycles. The number of methoxy groups -OCH3 is 1. The van der Waals surface area contributed by atoms with Crippen LogP contribution in [0.25, 0.3) is 0 Å². The zero-order chi connectivity index (χ0) is 17.1. The Morgan fingerprint density at radius 3 is 2.60 bits per heavy atom. The first-order chi connectivity index (χ1) is 12.3. The lowest BCUT2D eigenvalue weighted by atomic mass is 10.0. The highest BCUT2D eigenvalue weighted by Crippen LogP contribution is 2.46. The van der Waals surface area contributed by atoms with Gasteiger partial charge < -0.3 is 4.74 Å². The summed E-state index contributed by atoms with van der Waals surface area (Å²) >= 11 is 1.66. The first-order valence-electron chi connectivity index (χ1n) is 8.12. The van der Waals surface area contributed by atoms with Crippen LogP contribution in [0.2, 0.25) is 0 Å². The minimum Gasteiger partial charge on any atom is -0.364 e. The highest BCUT2D eigenvalue weighted by Gasteiger charge is 2.25. The monoisotopic (exact) mass is 350 g/mol. The normalized spacial score (nSPS) is 12.6. The van der Waals surface area contributed by atoms with Gasteiger partial charge in [0.05, 0.1) is 5.69 Å². The topological polar surface area (TPSA) is 51.1 Å². The molecule has 0 spiro atoms. The third kappa shape index (κ3) is 3.36. The van der Waals surface area contributed by atoms with E-state index >= 15 is 0 Å². The van der Waals surface area contributed by atoms with Crippen molar-refractivity contribution in [1.29, 1.82) is 0 Å². The molecule has 4 rings (SSSR count). The second kappa shape index (κ2) is 7.21. The van der Waals surface area contributed by atoms with Crippen LogP contribution in [0.4, 0.5) is 11.5 Å². The quantitative estimate of drug-likeness (QED) is 0.696. The fourth-order valence-electron chi connectivity index (χ4n) is 2.91. The van der Waals surface area contributed by atoms with Gasteiger partial charge in [0.25, 0.3) is 0 Å². The highest BCUT2D eigenvalue weighted by molar-refractivity contribution is 7.99. The van der Waals surface area contributed by atoms with Gasteiger partial charge in [-0.25, -0.2) is 9.97 Å². The van der Waals surface area contributed by atoms with Crippen LogP contribution in [0.1, 0.15) is 11.1 Å². The van der Waals surface area contributed by atoms with Crippen molar-refractivity contribution < 1.29 is 4.74 Å². The summed E-state index contributed by atoms with van der Waals surface area (Å²) in [6.07, 6.45) is 9.11. The number of ether oxygens (including phenoxy) is 1. The number of fused-ring (bicyclic) bond motifs is 2. The number of hydrogen-bond donors (Lipinski definition) is 0. The van der Waals surface area contributed by atoms with E-state index in [4.69, 9.17) is 4.74 Å². The molecular formula is C19H18N4OS. The van der Waals surface area contributed by atoms with Crippen LogP contribution in [-0.2, 0) is 17.6 Å². The SMILES string of the molecule is COCN1c2cc(CCc3ccncc3)ccc2Sc2nccnc21. The maximum absolute atomic E-state index is 5.41. The molecule has 25 heavy (non-hydrogen) atoms. The molecule has 1 aromatic carbocycles. The highest BCUT2D eigenvalue weighted by atomic mass is 32.2. The molecule has 0 amide bonds. The molecule has 0 saturated carbocycles. The van der Waals surface area contributed by atoms with Crippen LogP contribution in [0.15, 0.2) is 65.0 Å². The van der Waals surface area contributed by atoms with Crippen molar-refractivity contribution in [2.45, 2.75) is 22.8 Å². The van der Waals surface area contributed by atoms with Crippen molar-refractivity contribution >= 4 is 23.3 Å². The first kappa shape index (κ1) is 16.1. The molecule has 3 aromatic rings. The number of nitrogens with zero attached hydrogens (tertiary/aromatic N) is 4. The Kier molecular flexibility index (Phi) is 4.63. The van der Waals surface area contributed by atoms with Gasteiger partial charge in [-0.05, 0) is 48.2 Å². The van der Waals surface area contributed by atoms with Gasteiger partial charge in [0.15, 0.2) is 5.82 Å². The van der Waals surface area contributed by atoms with Gasteiger partial charge in [-0.1, -0.05) is 17.8 Å². The molecular weight excluding hydrogens is 332 g/mol. The summed E-state index contributed by atoms with van der Waals surface area (Å²) < 4.78 is 5.41. The summed E-state index contributed by atoms with van der Waals surface area (Å²) in [4.78, 5) is 16.3. The summed E-state index contributed by atoms with van der Waals surface area (Å²) in [6, 6.07) is 10.7. The Balaban J connectivity index is 1.62. The average Bonchev–Trinajstić information content (AvgIpc) is 2.67. The molecule has 1 aliphatic heterocycles. The van der Waals surface area contributed by atoms with E-state index in [1.54, 1.807) is 31.3 Å². The van der Waals surface area contributed by atoms with Crippen molar-refractivity contribution in [3.8, 4) is 0 Å². The molecule has 126 valence electrons. The third-order valence-electron chi connectivity index (χ3n) is 4.13. The maximum atomic E-state index is 5.41. The van der Waals surface area contributed by atoms with Gasteiger partial charge in [-0.2, -0.15) is 0 Å². The molecule has 2 aromatic heterocycles. The van der Waals surface area contributed by atoms with Crippen LogP contribution in [0.3, 0.4) is 0 Å². The summed E-state index contributed by atoms with van der Waals surface area (Å²) in [5.74, 6) is 0.855. The molecule has 0 fully saturated rings. The number of benzene rings is 1. The van der Waals surface area contributed by atoms with E-state index in [9.17, 15) is 0 Å². The van der Waals surface area contributed by atoms with Gasteiger partial charge in [0.2, 0.25) is 0 Å². The largest absolute Gasteiger partial charge is 0.364 e. The van der Waals surface area contributed by atoms with Crippen molar-refractivity contribution in [3.63, 3.8) is 0 Å². The Hall–Kier alpha value is -2.44. The first-order valence-corrected chi connectivity index (χ1v) is 8.94. The molecule has 0 N–H and O–H groups in total. The Morgan fingerprint density at radius 2 is 1.76 bits per heavy atom. The smallest absolute Gasteiger partial charge is 0.168 e. The lowest BCUT2D eigenvalue weighted by Crippen LogP contribution is -2.24. The third-order valence-corrected chi connectivity index (χ3v) is 5.18. The van der Waals surface area contributed by atoms with Crippen molar-refractivity contribution in [2.24, 2.45) is 0 Å². The van der Waals surface area contributed by atoms with E-state index in [0.717, 1.165) is 29.4 Å². The van der Waals surface area contributed by atoms with Crippen LogP contribution < -0.4 is 4.90 Å². The fourth-order valence-corrected chi connectivity index (χ4v) is 3.89. The number of anilines is 2. The van der Waals surface area contributed by atoms with E-state index in [1.165, 1.54) is 16.0 Å². The minimum absolute atomic E-state index is 0.451. The van der Waals surface area contributed by atoms with Crippen LogP contribution in [0.5, 0.6) is 0 Å². The molecule has 1 aliphatic rings. The van der Waals surface area contributed by atoms with Crippen molar-refractivity contribution in [3.05, 3.63) is 66.2 Å². The zero-order valence-corrected chi connectivity index (χ0v) is 14.7. The molecule has 0 bridgehead atoms. The van der Waals surface area contributed by atoms with Gasteiger partial charge in [0, 0.05) is 36.8 Å².